The summed E-state index contributed by atoms with van der Waals surface area (Å²) in [4.78, 5) is 22.0. The van der Waals surface area contributed by atoms with E-state index >= 15 is 0 Å². The molecule has 2 rings (SSSR count). The van der Waals surface area contributed by atoms with Crippen LogP contribution >= 0.6 is 0 Å². The van der Waals surface area contributed by atoms with Crippen LogP contribution in [0.2, 0.25) is 0 Å². The van der Waals surface area contributed by atoms with E-state index in [0.29, 0.717) is 24.9 Å². The molecule has 6 heteroatoms. The van der Waals surface area contributed by atoms with Crippen LogP contribution in [0.5, 0.6) is 0 Å². The monoisotopic (exact) mass is 294 g/mol. The third-order valence-corrected chi connectivity index (χ3v) is 3.99. The molecule has 21 heavy (non-hydrogen) atoms. The molecule has 4 N–H and O–H groups in total. The van der Waals surface area contributed by atoms with Crippen LogP contribution in [-0.2, 0) is 11.3 Å². The zero-order valence-corrected chi connectivity index (χ0v) is 11.6. The van der Waals surface area contributed by atoms with Gasteiger partial charge < -0.3 is 16.2 Å². The van der Waals surface area contributed by atoms with E-state index in [1.54, 1.807) is 0 Å². The van der Waals surface area contributed by atoms with Gasteiger partial charge >= 0.3 is 5.97 Å². The van der Waals surface area contributed by atoms with Crippen molar-refractivity contribution < 1.29 is 19.1 Å². The van der Waals surface area contributed by atoms with Crippen molar-refractivity contribution in [2.24, 2.45) is 11.7 Å². The van der Waals surface area contributed by atoms with Crippen molar-refractivity contribution >= 4 is 11.9 Å². The highest BCUT2D eigenvalue weighted by molar-refractivity contribution is 5.92. The molecule has 0 bridgehead atoms. The van der Waals surface area contributed by atoms with Crippen LogP contribution in [0.3, 0.4) is 0 Å². The van der Waals surface area contributed by atoms with E-state index in [1.807, 2.05) is 0 Å². The predicted octanol–water partition coefficient (Wildman–Crippen LogP) is 1.66. The van der Waals surface area contributed by atoms with Crippen molar-refractivity contribution in [3.8, 4) is 0 Å². The minimum Gasteiger partial charge on any atom is -0.481 e. The number of primary amides is 1. The summed E-state index contributed by atoms with van der Waals surface area (Å²) in [6, 6.07) is 4.22. The standard InChI is InChI=1S/C15H19FN2O3/c16-13-6-3-10(14(17)19)7-11(13)8-18-12-4-1-9(2-5-12)15(20)21/h3,6-7,9,12,18H,1-2,4-5,8H2,(H2,17,19)(H,20,21). The van der Waals surface area contributed by atoms with Gasteiger partial charge in [-0.2, -0.15) is 0 Å². The van der Waals surface area contributed by atoms with Crippen LogP contribution in [0.25, 0.3) is 0 Å². The smallest absolute Gasteiger partial charge is 0.306 e. The van der Waals surface area contributed by atoms with Gasteiger partial charge in [-0.3, -0.25) is 9.59 Å². The zero-order valence-electron chi connectivity index (χ0n) is 11.6. The van der Waals surface area contributed by atoms with Crippen LogP contribution in [0.1, 0.15) is 41.6 Å². The number of nitrogens with two attached hydrogens (primary N) is 1. The molecular formula is C15H19FN2O3. The van der Waals surface area contributed by atoms with E-state index in [9.17, 15) is 14.0 Å². The van der Waals surface area contributed by atoms with E-state index < -0.39 is 11.9 Å². The number of aliphatic carboxylic acids is 1. The van der Waals surface area contributed by atoms with Crippen molar-refractivity contribution in [3.63, 3.8) is 0 Å². The number of nitrogens with one attached hydrogen (secondary N) is 1. The summed E-state index contributed by atoms with van der Waals surface area (Å²) in [5.74, 6) is -1.98. The van der Waals surface area contributed by atoms with Gasteiger partial charge in [0.2, 0.25) is 5.91 Å². The van der Waals surface area contributed by atoms with E-state index in [1.165, 1.54) is 18.2 Å². The van der Waals surface area contributed by atoms with Crippen LogP contribution < -0.4 is 11.1 Å². The quantitative estimate of drug-likeness (QED) is 0.770. The summed E-state index contributed by atoms with van der Waals surface area (Å²) in [6.07, 6.45) is 2.79. The fourth-order valence-corrected chi connectivity index (χ4v) is 2.66. The molecule has 1 fully saturated rings. The van der Waals surface area contributed by atoms with Crippen LogP contribution in [0, 0.1) is 11.7 Å². The molecule has 1 amide bonds. The molecule has 1 saturated carbocycles. The first-order chi connectivity index (χ1) is 9.97. The fourth-order valence-electron chi connectivity index (χ4n) is 2.66. The van der Waals surface area contributed by atoms with Gasteiger partial charge in [0.25, 0.3) is 0 Å². The second-order valence-corrected chi connectivity index (χ2v) is 5.44. The Morgan fingerprint density at radius 2 is 1.95 bits per heavy atom. The Balaban J connectivity index is 1.90. The Labute approximate surface area is 122 Å². The Morgan fingerprint density at radius 3 is 2.52 bits per heavy atom. The summed E-state index contributed by atoms with van der Waals surface area (Å²) >= 11 is 0. The second-order valence-electron chi connectivity index (χ2n) is 5.44. The van der Waals surface area contributed by atoms with Gasteiger partial charge in [0, 0.05) is 23.7 Å². The number of carbonyl (C=O) groups excluding carboxylic acids is 1. The van der Waals surface area contributed by atoms with Crippen molar-refractivity contribution in [2.75, 3.05) is 0 Å². The number of carbonyl (C=O) groups is 2. The number of halogens is 1. The van der Waals surface area contributed by atoms with Gasteiger partial charge in [0.05, 0.1) is 5.92 Å². The SMILES string of the molecule is NC(=O)c1ccc(F)c(CNC2CCC(C(=O)O)CC2)c1. The molecule has 1 aromatic rings. The molecule has 0 radical (unpaired) electrons. The number of hydrogen-bond acceptors (Lipinski definition) is 3. The molecule has 114 valence electrons. The molecule has 0 heterocycles. The van der Waals surface area contributed by atoms with Crippen molar-refractivity contribution in [3.05, 3.63) is 35.1 Å². The van der Waals surface area contributed by atoms with Gasteiger partial charge in [-0.1, -0.05) is 0 Å². The summed E-state index contributed by atoms with van der Waals surface area (Å²) in [6.45, 7) is 0.301. The van der Waals surface area contributed by atoms with Crippen molar-refractivity contribution in [1.82, 2.24) is 5.32 Å². The average molecular weight is 294 g/mol. The van der Waals surface area contributed by atoms with Gasteiger partial charge in [0.15, 0.2) is 0 Å². The Bertz CT molecular complexity index is 540. The predicted molar refractivity (Wildman–Crippen MR) is 75.1 cm³/mol. The molecule has 0 aromatic heterocycles. The van der Waals surface area contributed by atoms with Crippen LogP contribution in [-0.4, -0.2) is 23.0 Å². The maximum absolute atomic E-state index is 13.7. The van der Waals surface area contributed by atoms with E-state index in [4.69, 9.17) is 10.8 Å². The number of carboxylic acids is 1. The van der Waals surface area contributed by atoms with Crippen molar-refractivity contribution in [2.45, 2.75) is 38.3 Å². The molecule has 0 saturated heterocycles. The molecule has 1 aliphatic carbocycles. The topological polar surface area (TPSA) is 92.4 Å². The Hall–Kier alpha value is -1.95. The highest BCUT2D eigenvalue weighted by Crippen LogP contribution is 2.24. The molecule has 0 atom stereocenters. The minimum atomic E-state index is -0.742. The molecule has 0 spiro atoms. The van der Waals surface area contributed by atoms with Gasteiger partial charge in [-0.15, -0.1) is 0 Å². The Morgan fingerprint density at radius 1 is 1.29 bits per heavy atom. The molecule has 0 unspecified atom stereocenters. The first kappa shape index (κ1) is 15.4. The first-order valence-electron chi connectivity index (χ1n) is 7.01. The molecule has 1 aromatic carbocycles. The highest BCUT2D eigenvalue weighted by atomic mass is 19.1. The first-order valence-corrected chi connectivity index (χ1v) is 7.01. The average Bonchev–Trinajstić information content (AvgIpc) is 2.46. The maximum Gasteiger partial charge on any atom is 0.306 e. The lowest BCUT2D eigenvalue weighted by molar-refractivity contribution is -0.142. The normalized spacial score (nSPS) is 22.0. The summed E-state index contributed by atoms with van der Waals surface area (Å²) in [5.41, 5.74) is 5.85. The zero-order chi connectivity index (χ0) is 15.4. The summed E-state index contributed by atoms with van der Waals surface area (Å²) in [5, 5.41) is 12.2. The van der Waals surface area contributed by atoms with E-state index in [-0.39, 0.29) is 23.3 Å². The third kappa shape index (κ3) is 4.01. The molecule has 5 nitrogen and oxygen atoms in total. The maximum atomic E-state index is 13.7. The lowest BCUT2D eigenvalue weighted by Crippen LogP contribution is -2.34. The minimum absolute atomic E-state index is 0.178. The fraction of sp³-hybridized carbons (Fsp3) is 0.467. The van der Waals surface area contributed by atoms with Gasteiger partial charge in [-0.25, -0.2) is 4.39 Å². The number of rotatable bonds is 5. The molecular weight excluding hydrogens is 275 g/mol. The van der Waals surface area contributed by atoms with Crippen LogP contribution in [0.15, 0.2) is 18.2 Å². The van der Waals surface area contributed by atoms with E-state index in [0.717, 1.165) is 12.8 Å². The van der Waals surface area contributed by atoms with Crippen LogP contribution in [0.4, 0.5) is 4.39 Å². The molecule has 0 aliphatic heterocycles. The second kappa shape index (κ2) is 6.67. The van der Waals surface area contributed by atoms with Gasteiger partial charge in [-0.05, 0) is 43.9 Å². The number of benzene rings is 1. The number of carboxylic acid groups (broad SMARTS) is 1. The number of hydrogen-bond donors (Lipinski definition) is 3. The highest BCUT2D eigenvalue weighted by Gasteiger charge is 2.25. The van der Waals surface area contributed by atoms with E-state index in [2.05, 4.69) is 5.32 Å². The van der Waals surface area contributed by atoms with Crippen molar-refractivity contribution in [1.29, 1.82) is 0 Å². The summed E-state index contributed by atoms with van der Waals surface area (Å²) in [7, 11) is 0. The largest absolute Gasteiger partial charge is 0.481 e. The lowest BCUT2D eigenvalue weighted by Gasteiger charge is -2.27. The number of amides is 1. The third-order valence-electron chi connectivity index (χ3n) is 3.99. The Kier molecular flexibility index (Phi) is 4.90. The lowest BCUT2D eigenvalue weighted by atomic mass is 9.86. The molecule has 1 aliphatic rings. The van der Waals surface area contributed by atoms with Gasteiger partial charge in [0.1, 0.15) is 5.82 Å². The summed E-state index contributed by atoms with van der Waals surface area (Å²) < 4.78 is 13.7.